The van der Waals surface area contributed by atoms with Crippen molar-refractivity contribution in [2.75, 3.05) is 13.2 Å². The largest absolute Gasteiger partial charge is 0.492 e. The highest BCUT2D eigenvalue weighted by Gasteiger charge is 2.10. The predicted octanol–water partition coefficient (Wildman–Crippen LogP) is 3.41. The average Bonchev–Trinajstić information content (AvgIpc) is 2.93. The summed E-state index contributed by atoms with van der Waals surface area (Å²) in [6, 6.07) is 10.4. The second kappa shape index (κ2) is 7.24. The molecule has 6 heteroatoms. The molecule has 21 heavy (non-hydrogen) atoms. The van der Waals surface area contributed by atoms with Gasteiger partial charge in [0.25, 0.3) is 5.91 Å². The van der Waals surface area contributed by atoms with Crippen LogP contribution < -0.4 is 10.1 Å². The Kier molecular flexibility index (Phi) is 5.36. The Morgan fingerprint density at radius 2 is 2.00 bits per heavy atom. The maximum absolute atomic E-state index is 11.9. The van der Waals surface area contributed by atoms with E-state index < -0.39 is 0 Å². The van der Waals surface area contributed by atoms with E-state index in [-0.39, 0.29) is 11.7 Å². The van der Waals surface area contributed by atoms with E-state index in [4.69, 9.17) is 16.3 Å². The molecule has 0 fully saturated rings. The molecule has 0 bridgehead atoms. The summed E-state index contributed by atoms with van der Waals surface area (Å²) in [4.78, 5) is 24.1. The lowest BCUT2D eigenvalue weighted by atomic mass is 10.3. The molecule has 110 valence electrons. The van der Waals surface area contributed by atoms with E-state index in [1.54, 1.807) is 36.4 Å². The molecular weight excluding hydrogens is 310 g/mol. The molecule has 0 atom stereocenters. The van der Waals surface area contributed by atoms with Gasteiger partial charge in [-0.3, -0.25) is 9.59 Å². The first kappa shape index (κ1) is 15.5. The number of Topliss-reactive ketones (excluding diaryl/α,β-unsaturated/α-hetero) is 1. The van der Waals surface area contributed by atoms with Crippen molar-refractivity contribution in [2.45, 2.75) is 6.92 Å². The van der Waals surface area contributed by atoms with E-state index in [9.17, 15) is 9.59 Å². The number of carbonyl (C=O) groups is 2. The number of nitrogens with one attached hydrogen (secondary N) is 1. The van der Waals surface area contributed by atoms with E-state index >= 15 is 0 Å². The molecule has 1 aromatic heterocycles. The Morgan fingerprint density at radius 1 is 1.24 bits per heavy atom. The van der Waals surface area contributed by atoms with E-state index in [0.717, 1.165) is 0 Å². The third-order valence-electron chi connectivity index (χ3n) is 2.63. The molecule has 0 unspecified atom stereocenters. The van der Waals surface area contributed by atoms with Crippen molar-refractivity contribution < 1.29 is 14.3 Å². The number of halogens is 1. The second-order valence-corrected chi connectivity index (χ2v) is 5.80. The highest BCUT2D eigenvalue weighted by molar-refractivity contribution is 7.15. The van der Waals surface area contributed by atoms with Crippen LogP contribution in [-0.2, 0) is 0 Å². The molecule has 2 aromatic rings. The Balaban J connectivity index is 1.77. The molecule has 1 N–H and O–H groups in total. The molecule has 0 aliphatic heterocycles. The molecule has 1 heterocycles. The summed E-state index contributed by atoms with van der Waals surface area (Å²) in [5.41, 5.74) is 0. The molecule has 0 aliphatic carbocycles. The Labute approximate surface area is 131 Å². The summed E-state index contributed by atoms with van der Waals surface area (Å²) < 4.78 is 5.47. The lowest BCUT2D eigenvalue weighted by Gasteiger charge is -2.07. The third-order valence-corrected chi connectivity index (χ3v) is 4.05. The molecule has 0 saturated carbocycles. The first-order chi connectivity index (χ1) is 10.1. The van der Waals surface area contributed by atoms with Gasteiger partial charge in [-0.15, -0.1) is 11.3 Å². The van der Waals surface area contributed by atoms with E-state index in [1.165, 1.54) is 18.3 Å². The first-order valence-corrected chi connectivity index (χ1v) is 7.53. The SMILES string of the molecule is CC(=O)c1ccc(C(=O)NCCOc2cccc(Cl)c2)s1. The lowest BCUT2D eigenvalue weighted by molar-refractivity contribution is 0.0950. The van der Waals surface area contributed by atoms with Gasteiger partial charge in [0.15, 0.2) is 5.78 Å². The summed E-state index contributed by atoms with van der Waals surface area (Å²) in [5, 5.41) is 3.34. The van der Waals surface area contributed by atoms with Gasteiger partial charge in [0.05, 0.1) is 16.3 Å². The van der Waals surface area contributed by atoms with E-state index in [0.29, 0.717) is 33.7 Å². The van der Waals surface area contributed by atoms with E-state index in [1.807, 2.05) is 0 Å². The van der Waals surface area contributed by atoms with Gasteiger partial charge in [0.2, 0.25) is 0 Å². The van der Waals surface area contributed by atoms with Crippen molar-refractivity contribution in [1.82, 2.24) is 5.32 Å². The minimum Gasteiger partial charge on any atom is -0.492 e. The van der Waals surface area contributed by atoms with Crippen molar-refractivity contribution in [3.8, 4) is 5.75 Å². The highest BCUT2D eigenvalue weighted by Crippen LogP contribution is 2.17. The molecule has 1 aromatic carbocycles. The van der Waals surface area contributed by atoms with E-state index in [2.05, 4.69) is 5.32 Å². The number of hydrogen-bond donors (Lipinski definition) is 1. The molecule has 0 saturated heterocycles. The quantitative estimate of drug-likeness (QED) is 0.654. The standard InChI is InChI=1S/C15H14ClNO3S/c1-10(18)13-5-6-14(21-13)15(19)17-7-8-20-12-4-2-3-11(16)9-12/h2-6,9H,7-8H2,1H3,(H,17,19). The average molecular weight is 324 g/mol. The monoisotopic (exact) mass is 323 g/mol. The van der Waals surface area contributed by atoms with Crippen LogP contribution in [-0.4, -0.2) is 24.8 Å². The predicted molar refractivity (Wildman–Crippen MR) is 83.6 cm³/mol. The van der Waals surface area contributed by atoms with Gasteiger partial charge in [0.1, 0.15) is 12.4 Å². The maximum Gasteiger partial charge on any atom is 0.261 e. The smallest absolute Gasteiger partial charge is 0.261 e. The van der Waals surface area contributed by atoms with Crippen LogP contribution in [0.2, 0.25) is 5.02 Å². The van der Waals surface area contributed by atoms with Crippen LogP contribution in [0.15, 0.2) is 36.4 Å². The lowest BCUT2D eigenvalue weighted by Crippen LogP contribution is -2.27. The zero-order valence-corrected chi connectivity index (χ0v) is 13.0. The van der Waals surface area contributed by atoms with Crippen molar-refractivity contribution in [3.05, 3.63) is 51.2 Å². The van der Waals surface area contributed by atoms with Crippen LogP contribution in [0.25, 0.3) is 0 Å². The molecule has 0 spiro atoms. The zero-order valence-electron chi connectivity index (χ0n) is 11.4. The van der Waals surface area contributed by atoms with Crippen LogP contribution in [0.3, 0.4) is 0 Å². The van der Waals surface area contributed by atoms with Crippen LogP contribution in [0.4, 0.5) is 0 Å². The number of rotatable bonds is 6. The molecule has 1 amide bonds. The Bertz CT molecular complexity index is 654. The minimum atomic E-state index is -0.206. The number of amides is 1. The van der Waals surface area contributed by atoms with Gasteiger partial charge in [-0.25, -0.2) is 0 Å². The van der Waals surface area contributed by atoms with Crippen molar-refractivity contribution in [1.29, 1.82) is 0 Å². The summed E-state index contributed by atoms with van der Waals surface area (Å²) in [7, 11) is 0. The van der Waals surface area contributed by atoms with Crippen LogP contribution in [0.5, 0.6) is 5.75 Å². The topological polar surface area (TPSA) is 55.4 Å². The number of hydrogen-bond acceptors (Lipinski definition) is 4. The maximum atomic E-state index is 11.9. The Hall–Kier alpha value is -1.85. The van der Waals surface area contributed by atoms with Crippen molar-refractivity contribution in [3.63, 3.8) is 0 Å². The fourth-order valence-electron chi connectivity index (χ4n) is 1.63. The van der Waals surface area contributed by atoms with Gasteiger partial charge in [-0.05, 0) is 37.3 Å². The molecule has 2 rings (SSSR count). The summed E-state index contributed by atoms with van der Waals surface area (Å²) in [6.07, 6.45) is 0. The normalized spacial score (nSPS) is 10.2. The van der Waals surface area contributed by atoms with Gasteiger partial charge >= 0.3 is 0 Å². The molecule has 4 nitrogen and oxygen atoms in total. The summed E-state index contributed by atoms with van der Waals surface area (Å²) >= 11 is 7.03. The van der Waals surface area contributed by atoms with Gasteiger partial charge in [-0.1, -0.05) is 17.7 Å². The van der Waals surface area contributed by atoms with Crippen molar-refractivity contribution in [2.24, 2.45) is 0 Å². The summed E-state index contributed by atoms with van der Waals surface area (Å²) in [6.45, 7) is 2.20. The summed E-state index contributed by atoms with van der Waals surface area (Å²) in [5.74, 6) is 0.414. The van der Waals surface area contributed by atoms with Gasteiger partial charge < -0.3 is 10.1 Å². The fourth-order valence-corrected chi connectivity index (χ4v) is 2.62. The number of benzene rings is 1. The van der Waals surface area contributed by atoms with Crippen LogP contribution in [0, 0.1) is 0 Å². The fraction of sp³-hybridized carbons (Fsp3) is 0.200. The molecule has 0 radical (unpaired) electrons. The molecule has 0 aliphatic rings. The van der Waals surface area contributed by atoms with Crippen molar-refractivity contribution >= 4 is 34.6 Å². The number of carbonyl (C=O) groups excluding carboxylic acids is 2. The van der Waals surface area contributed by atoms with Crippen LogP contribution >= 0.6 is 22.9 Å². The third kappa shape index (κ3) is 4.58. The second-order valence-electron chi connectivity index (χ2n) is 4.28. The highest BCUT2D eigenvalue weighted by atomic mass is 35.5. The minimum absolute atomic E-state index is 0.0386. The zero-order chi connectivity index (χ0) is 15.2. The molecular formula is C15H14ClNO3S. The first-order valence-electron chi connectivity index (χ1n) is 6.33. The number of ether oxygens (including phenoxy) is 1. The van der Waals surface area contributed by atoms with Gasteiger partial charge in [-0.2, -0.15) is 0 Å². The number of thiophene rings is 1. The van der Waals surface area contributed by atoms with Crippen LogP contribution in [0.1, 0.15) is 26.3 Å². The van der Waals surface area contributed by atoms with Gasteiger partial charge in [0, 0.05) is 5.02 Å². The Morgan fingerprint density at radius 3 is 2.67 bits per heavy atom. The number of ketones is 1.